The van der Waals surface area contributed by atoms with Crippen LogP contribution in [-0.2, 0) is 14.3 Å². The van der Waals surface area contributed by atoms with Crippen molar-refractivity contribution in [3.05, 3.63) is 12.2 Å². The van der Waals surface area contributed by atoms with Crippen LogP contribution in [0.5, 0.6) is 0 Å². The van der Waals surface area contributed by atoms with Gasteiger partial charge in [0, 0.05) is 17.4 Å². The highest BCUT2D eigenvalue weighted by Crippen LogP contribution is 2.60. The molecule has 0 radical (unpaired) electrons. The van der Waals surface area contributed by atoms with Gasteiger partial charge in [0.1, 0.15) is 5.60 Å². The molecule has 0 aromatic heterocycles. The predicted molar refractivity (Wildman–Crippen MR) is 72.9 cm³/mol. The number of carboxylic acids is 1. The topological polar surface area (TPSA) is 63.6 Å². The van der Waals surface area contributed by atoms with Gasteiger partial charge in [0.25, 0.3) is 0 Å². The molecule has 1 N–H and O–H groups in total. The number of hydrogen-bond acceptors (Lipinski definition) is 3. The maximum Gasteiger partial charge on any atom is 0.333 e. The second kappa shape index (κ2) is 4.61. The van der Waals surface area contributed by atoms with Crippen molar-refractivity contribution >= 4 is 11.9 Å². The van der Waals surface area contributed by atoms with Gasteiger partial charge in [0.15, 0.2) is 0 Å². The maximum atomic E-state index is 12.0. The lowest BCUT2D eigenvalue weighted by Gasteiger charge is -2.59. The predicted octanol–water partition coefficient (Wildman–Crippen LogP) is 2.78. The highest BCUT2D eigenvalue weighted by atomic mass is 16.6. The van der Waals surface area contributed by atoms with Crippen molar-refractivity contribution in [2.45, 2.75) is 51.0 Å². The largest absolute Gasteiger partial charge is 0.481 e. The molecule has 0 aromatic rings. The van der Waals surface area contributed by atoms with Crippen molar-refractivity contribution in [2.24, 2.45) is 23.7 Å². The van der Waals surface area contributed by atoms with Gasteiger partial charge < -0.3 is 9.84 Å². The average Bonchev–Trinajstić information content (AvgIpc) is 2.33. The van der Waals surface area contributed by atoms with E-state index in [-0.39, 0.29) is 18.3 Å². The van der Waals surface area contributed by atoms with E-state index in [0.717, 1.165) is 25.7 Å². The first-order valence-corrected chi connectivity index (χ1v) is 7.51. The lowest BCUT2D eigenvalue weighted by Crippen LogP contribution is -2.60. The van der Waals surface area contributed by atoms with Gasteiger partial charge in [-0.1, -0.05) is 6.58 Å². The zero-order valence-corrected chi connectivity index (χ0v) is 11.9. The third kappa shape index (κ3) is 2.05. The molecule has 0 amide bonds. The van der Waals surface area contributed by atoms with Gasteiger partial charge >= 0.3 is 11.9 Å². The summed E-state index contributed by atoms with van der Waals surface area (Å²) in [4.78, 5) is 23.3. The Kier molecular flexibility index (Phi) is 3.14. The standard InChI is InChI=1S/C16H22O4/c1-9(2)15(19)20-16(8-14(17)18)12-4-10-3-11(6-12)7-13(16)5-10/h10-13H,1,3-8H2,2H3,(H,17,18)/t10?,11?,12-,13?,16-/m0/s1. The summed E-state index contributed by atoms with van der Waals surface area (Å²) in [6.45, 7) is 5.24. The Labute approximate surface area is 119 Å². The van der Waals surface area contributed by atoms with Crippen LogP contribution in [0, 0.1) is 23.7 Å². The van der Waals surface area contributed by atoms with Gasteiger partial charge in [-0.25, -0.2) is 4.79 Å². The Balaban J connectivity index is 1.91. The number of carbonyl (C=O) groups excluding carboxylic acids is 1. The molecule has 20 heavy (non-hydrogen) atoms. The van der Waals surface area contributed by atoms with Crippen LogP contribution in [0.25, 0.3) is 0 Å². The Bertz CT molecular complexity index is 437. The number of carbonyl (C=O) groups is 2. The monoisotopic (exact) mass is 278 g/mol. The van der Waals surface area contributed by atoms with Gasteiger partial charge in [0.2, 0.25) is 0 Å². The van der Waals surface area contributed by atoms with Crippen LogP contribution < -0.4 is 0 Å². The minimum absolute atomic E-state index is 0.0548. The molecule has 4 heteroatoms. The molecule has 4 aliphatic rings. The zero-order chi connectivity index (χ0) is 14.5. The van der Waals surface area contributed by atoms with Gasteiger partial charge in [-0.05, 0) is 50.9 Å². The van der Waals surface area contributed by atoms with E-state index >= 15 is 0 Å². The molecule has 0 aromatic carbocycles. The third-order valence-corrected chi connectivity index (χ3v) is 5.58. The van der Waals surface area contributed by atoms with Crippen LogP contribution >= 0.6 is 0 Å². The first-order chi connectivity index (χ1) is 9.40. The van der Waals surface area contributed by atoms with Crippen LogP contribution in [0.1, 0.15) is 45.4 Å². The molecule has 0 heterocycles. The Morgan fingerprint density at radius 3 is 2.05 bits per heavy atom. The Morgan fingerprint density at radius 1 is 1.15 bits per heavy atom. The minimum atomic E-state index is -0.869. The molecule has 4 fully saturated rings. The van der Waals surface area contributed by atoms with E-state index in [1.165, 1.54) is 6.42 Å². The Hall–Kier alpha value is -1.32. The fourth-order valence-corrected chi connectivity index (χ4v) is 4.97. The summed E-state index contributed by atoms with van der Waals surface area (Å²) in [7, 11) is 0. The van der Waals surface area contributed by atoms with E-state index in [0.29, 0.717) is 17.4 Å². The van der Waals surface area contributed by atoms with Gasteiger partial charge in [-0.15, -0.1) is 0 Å². The van der Waals surface area contributed by atoms with E-state index < -0.39 is 17.5 Å². The second-order valence-electron chi connectivity index (χ2n) is 7.00. The van der Waals surface area contributed by atoms with Gasteiger partial charge in [0.05, 0.1) is 6.42 Å². The van der Waals surface area contributed by atoms with Crippen LogP contribution in [0.15, 0.2) is 12.2 Å². The lowest BCUT2D eigenvalue weighted by atomic mass is 9.49. The van der Waals surface area contributed by atoms with E-state index in [9.17, 15) is 14.7 Å². The highest BCUT2D eigenvalue weighted by Gasteiger charge is 2.60. The molecule has 4 bridgehead atoms. The summed E-state index contributed by atoms with van der Waals surface area (Å²) >= 11 is 0. The molecule has 4 aliphatic carbocycles. The summed E-state index contributed by atoms with van der Waals surface area (Å²) in [6, 6.07) is 0. The molecule has 4 nitrogen and oxygen atoms in total. The van der Waals surface area contributed by atoms with Crippen molar-refractivity contribution in [3.8, 4) is 0 Å². The molecular formula is C16H22O4. The molecule has 110 valence electrons. The number of esters is 1. The third-order valence-electron chi connectivity index (χ3n) is 5.58. The maximum absolute atomic E-state index is 12.0. The van der Waals surface area contributed by atoms with Gasteiger partial charge in [-0.2, -0.15) is 0 Å². The van der Waals surface area contributed by atoms with Crippen LogP contribution in [-0.4, -0.2) is 22.6 Å². The number of rotatable bonds is 4. The molecule has 0 spiro atoms. The minimum Gasteiger partial charge on any atom is -0.481 e. The zero-order valence-electron chi connectivity index (χ0n) is 11.9. The second-order valence-corrected chi connectivity index (χ2v) is 7.00. The smallest absolute Gasteiger partial charge is 0.333 e. The molecule has 4 rings (SSSR count). The Morgan fingerprint density at radius 2 is 1.65 bits per heavy atom. The summed E-state index contributed by atoms with van der Waals surface area (Å²) < 4.78 is 5.77. The molecule has 0 unspecified atom stereocenters. The van der Waals surface area contributed by atoms with Crippen molar-refractivity contribution in [1.29, 1.82) is 0 Å². The fourth-order valence-electron chi connectivity index (χ4n) is 4.97. The van der Waals surface area contributed by atoms with E-state index in [1.54, 1.807) is 6.92 Å². The number of aliphatic carboxylic acids is 1. The molecule has 0 atom stereocenters. The van der Waals surface area contributed by atoms with Crippen LogP contribution in [0.4, 0.5) is 0 Å². The quantitative estimate of drug-likeness (QED) is 0.634. The van der Waals surface area contributed by atoms with E-state index in [4.69, 9.17) is 4.74 Å². The summed E-state index contributed by atoms with van der Waals surface area (Å²) in [5, 5.41) is 9.30. The number of hydrogen-bond donors (Lipinski definition) is 1. The van der Waals surface area contributed by atoms with Crippen LogP contribution in [0.3, 0.4) is 0 Å². The number of ether oxygens (including phenoxy) is 1. The van der Waals surface area contributed by atoms with E-state index in [2.05, 4.69) is 6.58 Å². The highest BCUT2D eigenvalue weighted by molar-refractivity contribution is 5.87. The molecule has 0 aliphatic heterocycles. The normalized spacial score (nSPS) is 41.5. The average molecular weight is 278 g/mol. The molecule has 4 saturated carbocycles. The summed E-state index contributed by atoms with van der Waals surface area (Å²) in [6.07, 6.45) is 5.30. The summed E-state index contributed by atoms with van der Waals surface area (Å²) in [5.41, 5.74) is -0.432. The first kappa shape index (κ1) is 13.7. The SMILES string of the molecule is C=C(C)C(=O)O[C@]1(CC(=O)O)C2CC3CC(C2)C[C@@H]1C3. The number of carboxylic acid groups (broad SMARTS) is 1. The molecule has 0 saturated heterocycles. The van der Waals surface area contributed by atoms with Crippen molar-refractivity contribution in [1.82, 2.24) is 0 Å². The van der Waals surface area contributed by atoms with Crippen LogP contribution in [0.2, 0.25) is 0 Å². The van der Waals surface area contributed by atoms with Gasteiger partial charge in [-0.3, -0.25) is 4.79 Å². The first-order valence-electron chi connectivity index (χ1n) is 7.51. The van der Waals surface area contributed by atoms with Crippen molar-refractivity contribution in [2.75, 3.05) is 0 Å². The van der Waals surface area contributed by atoms with E-state index in [1.807, 2.05) is 0 Å². The summed E-state index contributed by atoms with van der Waals surface area (Å²) in [5.74, 6) is 0.563. The lowest BCUT2D eigenvalue weighted by molar-refractivity contribution is -0.211. The fraction of sp³-hybridized carbons (Fsp3) is 0.750. The van der Waals surface area contributed by atoms with Crippen molar-refractivity contribution in [3.63, 3.8) is 0 Å². The van der Waals surface area contributed by atoms with Crippen molar-refractivity contribution < 1.29 is 19.4 Å². The molecular weight excluding hydrogens is 256 g/mol.